The zero-order chi connectivity index (χ0) is 23.1. The van der Waals surface area contributed by atoms with Crippen molar-refractivity contribution in [2.24, 2.45) is 0 Å². The molecule has 1 amide bonds. The molecule has 2 fully saturated rings. The van der Waals surface area contributed by atoms with E-state index in [0.717, 1.165) is 30.9 Å². The van der Waals surface area contributed by atoms with Crippen LogP contribution in [-0.2, 0) is 9.53 Å². The van der Waals surface area contributed by atoms with Crippen LogP contribution >= 0.6 is 0 Å². The van der Waals surface area contributed by atoms with E-state index >= 15 is 0 Å². The minimum Gasteiger partial charge on any atom is -0.484 e. The van der Waals surface area contributed by atoms with Crippen molar-refractivity contribution >= 4 is 5.91 Å². The number of hydrogen-bond acceptors (Lipinski definition) is 3. The average Bonchev–Trinajstić information content (AvgIpc) is 2.70. The normalized spacial score (nSPS) is 30.8. The number of aliphatic hydroxyl groups is 1. The van der Waals surface area contributed by atoms with Gasteiger partial charge in [-0.3, -0.25) is 4.79 Å². The summed E-state index contributed by atoms with van der Waals surface area (Å²) in [5.74, 6) is -0.463. The lowest BCUT2D eigenvalue weighted by Crippen LogP contribution is -2.43. The molecule has 2 N–H and O–H groups in total. The van der Waals surface area contributed by atoms with Crippen molar-refractivity contribution in [1.82, 2.24) is 5.32 Å². The molecule has 1 unspecified atom stereocenters. The van der Waals surface area contributed by atoms with Crippen molar-refractivity contribution in [3.8, 4) is 0 Å². The summed E-state index contributed by atoms with van der Waals surface area (Å²) in [6.45, 7) is 1.86. The van der Waals surface area contributed by atoms with Crippen LogP contribution in [0.25, 0.3) is 0 Å². The third-order valence-corrected chi connectivity index (χ3v) is 5.80. The molecule has 1 atom stereocenters. The predicted molar refractivity (Wildman–Crippen MR) is 117 cm³/mol. The van der Waals surface area contributed by atoms with Gasteiger partial charge in [0.25, 0.3) is 6.43 Å². The molecule has 3 rings (SSSR count). The Kier molecular flexibility index (Phi) is 7.96. The molecule has 3 aliphatic rings. The molecule has 32 heavy (non-hydrogen) atoms. The van der Waals surface area contributed by atoms with E-state index < -0.39 is 24.0 Å². The first-order chi connectivity index (χ1) is 15.3. The molecule has 4 nitrogen and oxygen atoms in total. The quantitative estimate of drug-likeness (QED) is 0.562. The Labute approximate surface area is 186 Å². The summed E-state index contributed by atoms with van der Waals surface area (Å²) in [6.07, 6.45) is 12.7. The zero-order valence-corrected chi connectivity index (χ0v) is 18.0. The molecule has 1 spiro atoms. The second kappa shape index (κ2) is 10.7. The molecular formula is C25H28F3NO3. The fourth-order valence-corrected chi connectivity index (χ4v) is 4.04. The Bertz CT molecular complexity index is 934. The Morgan fingerprint density at radius 2 is 2.16 bits per heavy atom. The van der Waals surface area contributed by atoms with Crippen LogP contribution in [0.4, 0.5) is 13.2 Å². The summed E-state index contributed by atoms with van der Waals surface area (Å²) < 4.78 is 44.5. The summed E-state index contributed by atoms with van der Waals surface area (Å²) in [5.41, 5.74) is 1.72. The first-order valence-corrected chi connectivity index (χ1v) is 10.7. The number of carbonyl (C=O) groups excluding carboxylic acids is 1. The number of carbonyl (C=O) groups is 1. The molecule has 0 bridgehead atoms. The zero-order valence-electron chi connectivity index (χ0n) is 18.0. The summed E-state index contributed by atoms with van der Waals surface area (Å²) in [5, 5.41) is 12.8. The number of ether oxygens (including phenoxy) is 1. The maximum absolute atomic E-state index is 13.6. The third-order valence-electron chi connectivity index (χ3n) is 5.80. The van der Waals surface area contributed by atoms with Gasteiger partial charge in [0.2, 0.25) is 5.91 Å². The first-order valence-electron chi connectivity index (χ1n) is 10.7. The Morgan fingerprint density at radius 3 is 2.78 bits per heavy atom. The first kappa shape index (κ1) is 23.9. The Hall–Kier alpha value is -2.80. The predicted octanol–water partition coefficient (Wildman–Crippen LogP) is 5.47. The summed E-state index contributed by atoms with van der Waals surface area (Å²) >= 11 is 0. The van der Waals surface area contributed by atoms with Gasteiger partial charge in [0, 0.05) is 23.8 Å². The third kappa shape index (κ3) is 6.13. The van der Waals surface area contributed by atoms with E-state index in [9.17, 15) is 23.1 Å². The van der Waals surface area contributed by atoms with Crippen molar-refractivity contribution in [3.05, 3.63) is 83.1 Å². The van der Waals surface area contributed by atoms with E-state index in [0.29, 0.717) is 42.9 Å². The second-order valence-electron chi connectivity index (χ2n) is 8.21. The van der Waals surface area contributed by atoms with Gasteiger partial charge in [-0.25, -0.2) is 13.2 Å². The van der Waals surface area contributed by atoms with Crippen LogP contribution in [0, 0.1) is 0 Å². The molecule has 0 aromatic rings. The van der Waals surface area contributed by atoms with Gasteiger partial charge in [0.05, 0.1) is 6.10 Å². The van der Waals surface area contributed by atoms with Gasteiger partial charge < -0.3 is 15.2 Å². The van der Waals surface area contributed by atoms with Crippen LogP contribution < -0.4 is 5.32 Å². The molecule has 1 aliphatic heterocycles. The van der Waals surface area contributed by atoms with Gasteiger partial charge in [-0.1, -0.05) is 24.3 Å². The molecule has 2 aliphatic carbocycles. The van der Waals surface area contributed by atoms with Crippen molar-refractivity contribution in [3.63, 3.8) is 0 Å². The summed E-state index contributed by atoms with van der Waals surface area (Å²) in [6, 6.07) is 0. The lowest BCUT2D eigenvalue weighted by atomic mass is 9.72. The maximum Gasteiger partial charge on any atom is 0.257 e. The van der Waals surface area contributed by atoms with Crippen LogP contribution in [0.2, 0.25) is 0 Å². The fraction of sp³-hybridized carbons (Fsp3) is 0.400. The van der Waals surface area contributed by atoms with Gasteiger partial charge in [0.1, 0.15) is 11.9 Å². The second-order valence-corrected chi connectivity index (χ2v) is 8.21. The summed E-state index contributed by atoms with van der Waals surface area (Å²) in [4.78, 5) is 12.8. The van der Waals surface area contributed by atoms with E-state index in [-0.39, 0.29) is 11.3 Å². The highest BCUT2D eigenvalue weighted by Crippen LogP contribution is 2.49. The highest BCUT2D eigenvalue weighted by molar-refractivity contribution is 5.91. The monoisotopic (exact) mass is 447 g/mol. The van der Waals surface area contributed by atoms with Crippen molar-refractivity contribution in [2.45, 2.75) is 63.6 Å². The summed E-state index contributed by atoms with van der Waals surface area (Å²) in [7, 11) is 0. The number of aliphatic hydroxyl groups excluding tert-OH is 1. The number of hydrogen-bond donors (Lipinski definition) is 2. The SMILES string of the molecule is C/C=C1/C=C(NC(=O)C=C2CC3(CCC3)OC(=C/F)/C2=C\C=C\C(F)F)\C=C\CC(O)C1. The lowest BCUT2D eigenvalue weighted by Gasteiger charge is -2.46. The van der Waals surface area contributed by atoms with Crippen LogP contribution in [0.1, 0.15) is 45.4 Å². The van der Waals surface area contributed by atoms with Crippen molar-refractivity contribution < 1.29 is 27.8 Å². The molecule has 0 aromatic heterocycles. The fourth-order valence-electron chi connectivity index (χ4n) is 4.04. The van der Waals surface area contributed by atoms with Crippen molar-refractivity contribution in [1.29, 1.82) is 0 Å². The number of allylic oxidation sites excluding steroid dienone is 7. The molecule has 0 aromatic carbocycles. The minimum absolute atomic E-state index is 0.0517. The maximum atomic E-state index is 13.6. The Morgan fingerprint density at radius 1 is 1.38 bits per heavy atom. The number of rotatable bonds is 4. The number of halogens is 3. The van der Waals surface area contributed by atoms with E-state index in [4.69, 9.17) is 4.74 Å². The average molecular weight is 447 g/mol. The Balaban J connectivity index is 1.87. The molecule has 1 saturated heterocycles. The lowest BCUT2D eigenvalue weighted by molar-refractivity contribution is -0.115. The standard InChI is InChI=1S/C25H28F3NO3/c1-2-17-12-19(6-3-7-20(30)13-17)29-24(31)14-18-15-25(10-5-11-25)32-22(16-26)21(18)8-4-9-23(27)28/h2-4,6,8-9,12,14,16,20,23,30H,5,7,10-11,13,15H2,1H3,(H,29,31)/b6-3+,9-4+,17-2-,18-14?,19-12+,21-8-,22-16+. The van der Waals surface area contributed by atoms with Gasteiger partial charge in [-0.15, -0.1) is 0 Å². The number of amides is 1. The van der Waals surface area contributed by atoms with E-state index in [1.807, 2.05) is 13.0 Å². The highest BCUT2D eigenvalue weighted by atomic mass is 19.3. The van der Waals surface area contributed by atoms with Gasteiger partial charge >= 0.3 is 0 Å². The topological polar surface area (TPSA) is 58.6 Å². The van der Waals surface area contributed by atoms with Gasteiger partial charge in [0.15, 0.2) is 5.76 Å². The van der Waals surface area contributed by atoms with Crippen LogP contribution in [0.3, 0.4) is 0 Å². The van der Waals surface area contributed by atoms with E-state index in [1.165, 1.54) is 12.2 Å². The van der Waals surface area contributed by atoms with Crippen LogP contribution in [-0.4, -0.2) is 29.1 Å². The molecule has 1 saturated carbocycles. The van der Waals surface area contributed by atoms with Gasteiger partial charge in [-0.2, -0.15) is 0 Å². The smallest absolute Gasteiger partial charge is 0.257 e. The minimum atomic E-state index is -2.64. The van der Waals surface area contributed by atoms with Gasteiger partial charge in [-0.05, 0) is 68.4 Å². The molecular weight excluding hydrogens is 419 g/mol. The largest absolute Gasteiger partial charge is 0.484 e. The molecule has 0 radical (unpaired) electrons. The molecule has 7 heteroatoms. The van der Waals surface area contributed by atoms with E-state index in [2.05, 4.69) is 5.32 Å². The highest BCUT2D eigenvalue weighted by Gasteiger charge is 2.45. The van der Waals surface area contributed by atoms with Crippen molar-refractivity contribution in [2.75, 3.05) is 0 Å². The van der Waals surface area contributed by atoms with Crippen LogP contribution in [0.5, 0.6) is 0 Å². The molecule has 1 heterocycles. The number of nitrogens with one attached hydrogen (secondary N) is 1. The van der Waals surface area contributed by atoms with Crippen LogP contribution in [0.15, 0.2) is 83.1 Å². The van der Waals surface area contributed by atoms with E-state index in [1.54, 1.807) is 18.2 Å². The molecule has 172 valence electrons. The number of alkyl halides is 2.